The van der Waals surface area contributed by atoms with Crippen molar-refractivity contribution in [3.8, 4) is 11.5 Å². The number of piperazine rings is 2. The van der Waals surface area contributed by atoms with Crippen LogP contribution in [0.1, 0.15) is 13.8 Å². The summed E-state index contributed by atoms with van der Waals surface area (Å²) in [6.07, 6.45) is 3.01. The Hall–Kier alpha value is -5.42. The summed E-state index contributed by atoms with van der Waals surface area (Å²) in [5.41, 5.74) is 0.0923. The lowest BCUT2D eigenvalue weighted by Crippen LogP contribution is -2.45. The van der Waals surface area contributed by atoms with E-state index in [1.54, 1.807) is 21.4 Å². The minimum atomic E-state index is -0.880. The highest BCUT2D eigenvalue weighted by atomic mass is 19.1. The van der Waals surface area contributed by atoms with Crippen LogP contribution in [0.15, 0.2) is 44.6 Å². The van der Waals surface area contributed by atoms with Gasteiger partial charge in [0.1, 0.15) is 22.7 Å². The number of hydrogen-bond donors (Lipinski definition) is 2. The molecule has 2 amide bonds. The lowest BCUT2D eigenvalue weighted by atomic mass is 10.1. The van der Waals surface area contributed by atoms with E-state index in [-0.39, 0.29) is 39.7 Å². The van der Waals surface area contributed by atoms with E-state index < -0.39 is 28.5 Å². The summed E-state index contributed by atoms with van der Waals surface area (Å²) in [6.45, 7) is 10.3. The Kier molecular flexibility index (Phi) is 9.15. The summed E-state index contributed by atoms with van der Waals surface area (Å²) in [7, 11) is 4.02. The third kappa shape index (κ3) is 6.49. The van der Waals surface area contributed by atoms with E-state index in [1.165, 1.54) is 12.3 Å². The molecule has 51 heavy (non-hydrogen) atoms. The molecule has 4 aromatic heterocycles. The van der Waals surface area contributed by atoms with Crippen molar-refractivity contribution in [2.45, 2.75) is 26.9 Å². The molecule has 0 aliphatic carbocycles. The lowest BCUT2D eigenvalue weighted by Gasteiger charge is -2.34. The molecule has 268 valence electrons. The van der Waals surface area contributed by atoms with Crippen LogP contribution in [0.5, 0.6) is 0 Å². The molecule has 5 aromatic rings. The van der Waals surface area contributed by atoms with Gasteiger partial charge in [0.05, 0.1) is 16.6 Å². The molecule has 7 rings (SSSR count). The topological polar surface area (TPSA) is 150 Å². The molecule has 2 saturated heterocycles. The van der Waals surface area contributed by atoms with Crippen molar-refractivity contribution in [2.24, 2.45) is 0 Å². The molecule has 15 nitrogen and oxygen atoms in total. The first-order valence-corrected chi connectivity index (χ1v) is 16.9. The van der Waals surface area contributed by atoms with Crippen molar-refractivity contribution >= 4 is 51.2 Å². The average Bonchev–Trinajstić information content (AvgIpc) is 3.58. The SMILES string of the molecule is CCn1cc(-c2nnc(NC(=O)Nc3cn(CC)c4nc(N5CCN(C)CC5)c(F)cc4c3=O)o2)c(=O)c2cc(F)c(N3CCN(C)CC3)cc21. The number of anilines is 4. The summed E-state index contributed by atoms with van der Waals surface area (Å²) in [5, 5.41) is 12.8. The second-order valence-electron chi connectivity index (χ2n) is 12.9. The maximum absolute atomic E-state index is 15.4. The molecule has 0 spiro atoms. The molecule has 0 radical (unpaired) electrons. The first kappa shape index (κ1) is 34.0. The molecule has 2 aliphatic heterocycles. The van der Waals surface area contributed by atoms with Crippen LogP contribution in [-0.4, -0.2) is 107 Å². The summed E-state index contributed by atoms with van der Waals surface area (Å²) in [4.78, 5) is 52.7. The maximum atomic E-state index is 15.4. The van der Waals surface area contributed by atoms with E-state index in [0.717, 1.165) is 32.2 Å². The number of aryl methyl sites for hydroxylation is 2. The number of likely N-dealkylation sites (N-methyl/N-ethyl adjacent to an activating group) is 2. The number of aromatic nitrogens is 5. The quantitative estimate of drug-likeness (QED) is 0.257. The molecule has 6 heterocycles. The Bertz CT molecular complexity index is 2250. The van der Waals surface area contributed by atoms with Gasteiger partial charge in [0, 0.05) is 83.2 Å². The minimum absolute atomic E-state index is 0.0145. The maximum Gasteiger partial charge on any atom is 0.327 e. The number of nitrogens with zero attached hydrogens (tertiary/aromatic N) is 9. The highest BCUT2D eigenvalue weighted by Gasteiger charge is 2.24. The summed E-state index contributed by atoms with van der Waals surface area (Å²) < 4.78 is 39.8. The second kappa shape index (κ2) is 13.7. The van der Waals surface area contributed by atoms with Gasteiger partial charge in [-0.1, -0.05) is 5.10 Å². The third-order valence-electron chi connectivity index (χ3n) is 9.58. The van der Waals surface area contributed by atoms with E-state index in [1.807, 2.05) is 37.7 Å². The number of rotatable bonds is 7. The molecule has 1 aromatic carbocycles. The van der Waals surface area contributed by atoms with Crippen LogP contribution in [-0.2, 0) is 13.1 Å². The summed E-state index contributed by atoms with van der Waals surface area (Å²) in [5.74, 6) is -1.13. The molecular weight excluding hydrogens is 664 g/mol. The number of amides is 2. The summed E-state index contributed by atoms with van der Waals surface area (Å²) >= 11 is 0. The molecular formula is C34H39F2N11O4. The van der Waals surface area contributed by atoms with Crippen molar-refractivity contribution in [2.75, 3.05) is 86.9 Å². The van der Waals surface area contributed by atoms with Gasteiger partial charge < -0.3 is 38.5 Å². The van der Waals surface area contributed by atoms with Gasteiger partial charge in [0.15, 0.2) is 11.6 Å². The fourth-order valence-electron chi connectivity index (χ4n) is 6.58. The van der Waals surface area contributed by atoms with Gasteiger partial charge in [-0.15, -0.1) is 5.10 Å². The van der Waals surface area contributed by atoms with Gasteiger partial charge in [-0.2, -0.15) is 0 Å². The Balaban J connectivity index is 1.12. The monoisotopic (exact) mass is 703 g/mol. The minimum Gasteiger partial charge on any atom is -0.403 e. The van der Waals surface area contributed by atoms with Crippen LogP contribution >= 0.6 is 0 Å². The van der Waals surface area contributed by atoms with Crippen LogP contribution in [0.3, 0.4) is 0 Å². The Morgan fingerprint density at radius 3 is 2.10 bits per heavy atom. The van der Waals surface area contributed by atoms with Crippen LogP contribution in [0.4, 0.5) is 36.8 Å². The fourth-order valence-corrected chi connectivity index (χ4v) is 6.58. The Morgan fingerprint density at radius 1 is 0.784 bits per heavy atom. The summed E-state index contributed by atoms with van der Waals surface area (Å²) in [6, 6.07) is 2.87. The Labute approximate surface area is 291 Å². The molecule has 0 unspecified atom stereocenters. The number of nitrogens with one attached hydrogen (secondary N) is 2. The van der Waals surface area contributed by atoms with Crippen LogP contribution in [0, 0.1) is 11.6 Å². The van der Waals surface area contributed by atoms with Crippen LogP contribution in [0.2, 0.25) is 0 Å². The normalized spacial score (nSPS) is 16.0. The van der Waals surface area contributed by atoms with Gasteiger partial charge in [-0.25, -0.2) is 18.6 Å². The zero-order valence-corrected chi connectivity index (χ0v) is 28.9. The number of halogens is 2. The number of carbonyl (C=O) groups excluding carboxylic acids is 1. The van der Waals surface area contributed by atoms with E-state index in [2.05, 4.69) is 35.6 Å². The predicted molar refractivity (Wildman–Crippen MR) is 191 cm³/mol. The predicted octanol–water partition coefficient (Wildman–Crippen LogP) is 3.23. The number of carbonyl (C=O) groups is 1. The molecule has 0 bridgehead atoms. The van der Waals surface area contributed by atoms with Gasteiger partial charge in [-0.3, -0.25) is 14.9 Å². The van der Waals surface area contributed by atoms with Crippen molar-refractivity contribution in [3.63, 3.8) is 0 Å². The molecule has 17 heteroatoms. The molecule has 0 atom stereocenters. The van der Waals surface area contributed by atoms with E-state index in [0.29, 0.717) is 56.1 Å². The van der Waals surface area contributed by atoms with Crippen molar-refractivity contribution < 1.29 is 18.0 Å². The first-order chi connectivity index (χ1) is 24.5. The van der Waals surface area contributed by atoms with Crippen molar-refractivity contribution in [3.05, 3.63) is 62.7 Å². The molecule has 2 N–H and O–H groups in total. The fraction of sp³-hybridized carbons (Fsp3) is 0.412. The first-order valence-electron chi connectivity index (χ1n) is 16.9. The van der Waals surface area contributed by atoms with Crippen LogP contribution in [0.25, 0.3) is 33.4 Å². The lowest BCUT2D eigenvalue weighted by molar-refractivity contribution is 0.261. The second-order valence-corrected chi connectivity index (χ2v) is 12.9. The third-order valence-corrected chi connectivity index (χ3v) is 9.58. The average molecular weight is 704 g/mol. The van der Waals surface area contributed by atoms with Gasteiger partial charge in [-0.05, 0) is 46.1 Å². The molecule has 0 saturated carbocycles. The van der Waals surface area contributed by atoms with Gasteiger partial charge in [0.25, 0.3) is 5.89 Å². The van der Waals surface area contributed by atoms with Gasteiger partial charge in [0.2, 0.25) is 10.9 Å². The largest absolute Gasteiger partial charge is 0.403 e. The van der Waals surface area contributed by atoms with Crippen molar-refractivity contribution in [1.29, 1.82) is 0 Å². The van der Waals surface area contributed by atoms with E-state index in [4.69, 9.17) is 4.42 Å². The molecule has 2 aliphatic rings. The van der Waals surface area contributed by atoms with E-state index >= 15 is 8.78 Å². The highest BCUT2D eigenvalue weighted by Crippen LogP contribution is 2.28. The van der Waals surface area contributed by atoms with Crippen LogP contribution < -0.4 is 31.3 Å². The smallest absolute Gasteiger partial charge is 0.327 e. The zero-order chi connectivity index (χ0) is 36.0. The number of hydrogen-bond acceptors (Lipinski definition) is 11. The van der Waals surface area contributed by atoms with E-state index in [9.17, 15) is 14.4 Å². The number of pyridine rings is 3. The zero-order valence-electron chi connectivity index (χ0n) is 28.9. The van der Waals surface area contributed by atoms with Crippen molar-refractivity contribution in [1.82, 2.24) is 34.1 Å². The number of benzene rings is 1. The number of fused-ring (bicyclic) bond motifs is 2. The highest BCUT2D eigenvalue weighted by molar-refractivity contribution is 5.99. The standard InChI is InChI=1S/C34H39F2N11O4/c1-5-44-18-22(28(48)20-15-23(35)27(17-26(20)44)46-11-7-42(3)8-12-46)32-40-41-34(51-32)39-33(50)37-25-19-45(6-2)30-21(29(25)49)16-24(36)31(38-30)47-13-9-43(4)10-14-47/h15-19H,5-14H2,1-4H3,(H2,37,39,41,50). The number of urea groups is 1. The molecule has 2 fully saturated rings. The Morgan fingerprint density at radius 2 is 1.43 bits per heavy atom. The van der Waals surface area contributed by atoms with Gasteiger partial charge >= 0.3 is 12.0 Å².